The summed E-state index contributed by atoms with van der Waals surface area (Å²) in [6.07, 6.45) is 9.92. The second kappa shape index (κ2) is 8.17. The summed E-state index contributed by atoms with van der Waals surface area (Å²) in [6.45, 7) is 1.30. The van der Waals surface area contributed by atoms with Crippen molar-refractivity contribution in [1.82, 2.24) is 29.1 Å². The fourth-order valence-electron chi connectivity index (χ4n) is 4.84. The minimum atomic E-state index is -1.14. The molecule has 0 radical (unpaired) electrons. The van der Waals surface area contributed by atoms with Crippen molar-refractivity contribution < 1.29 is 19.0 Å². The number of ether oxygens (including phenoxy) is 1. The van der Waals surface area contributed by atoms with E-state index >= 15 is 0 Å². The number of rotatable bonds is 4. The van der Waals surface area contributed by atoms with Crippen molar-refractivity contribution in [3.8, 4) is 0 Å². The third-order valence-corrected chi connectivity index (χ3v) is 6.46. The minimum absolute atomic E-state index is 0.0506. The monoisotopic (exact) mass is 463 g/mol. The van der Waals surface area contributed by atoms with E-state index in [0.717, 1.165) is 37.3 Å². The van der Waals surface area contributed by atoms with Gasteiger partial charge in [0.1, 0.15) is 29.4 Å². The summed E-state index contributed by atoms with van der Waals surface area (Å²) < 4.78 is 24.1. The lowest BCUT2D eigenvalue weighted by atomic mass is 9.99. The van der Waals surface area contributed by atoms with Crippen LogP contribution in [-0.4, -0.2) is 53.4 Å². The van der Waals surface area contributed by atoms with Crippen LogP contribution in [0.4, 0.5) is 10.2 Å². The Morgan fingerprint density at radius 2 is 2.12 bits per heavy atom. The molecule has 0 saturated carbocycles. The fourth-order valence-corrected chi connectivity index (χ4v) is 4.84. The number of aromatic carboxylic acids is 1. The smallest absolute Gasteiger partial charge is 0.356 e. The van der Waals surface area contributed by atoms with E-state index in [4.69, 9.17) is 9.72 Å². The first-order valence-corrected chi connectivity index (χ1v) is 11.2. The van der Waals surface area contributed by atoms with E-state index in [1.807, 2.05) is 11.2 Å². The molecule has 34 heavy (non-hydrogen) atoms. The summed E-state index contributed by atoms with van der Waals surface area (Å²) in [5, 5.41) is 13.8. The summed E-state index contributed by atoms with van der Waals surface area (Å²) in [7, 11) is 0. The van der Waals surface area contributed by atoms with Gasteiger partial charge in [0, 0.05) is 31.5 Å². The predicted molar refractivity (Wildman–Crippen MR) is 118 cm³/mol. The zero-order valence-electron chi connectivity index (χ0n) is 18.2. The predicted octanol–water partition coefficient (Wildman–Crippen LogP) is 3.01. The number of hydrogen-bond donors (Lipinski definition) is 1. The van der Waals surface area contributed by atoms with Crippen molar-refractivity contribution in [2.75, 3.05) is 18.1 Å². The first-order chi connectivity index (χ1) is 16.6. The molecule has 6 heterocycles. The zero-order chi connectivity index (χ0) is 23.2. The number of carboxylic acid groups (broad SMARTS) is 1. The van der Waals surface area contributed by atoms with Gasteiger partial charge in [0.15, 0.2) is 5.69 Å². The number of carboxylic acids is 1. The maximum absolute atomic E-state index is 14.5. The molecule has 11 heteroatoms. The van der Waals surface area contributed by atoms with Gasteiger partial charge in [-0.2, -0.15) is 5.10 Å². The highest BCUT2D eigenvalue weighted by atomic mass is 19.1. The summed E-state index contributed by atoms with van der Waals surface area (Å²) >= 11 is 0. The molecule has 2 unspecified atom stereocenters. The Labute approximate surface area is 193 Å². The van der Waals surface area contributed by atoms with Crippen LogP contribution in [0.15, 0.2) is 43.1 Å². The third-order valence-electron chi connectivity index (χ3n) is 6.46. The molecule has 4 aromatic heterocycles. The van der Waals surface area contributed by atoms with Gasteiger partial charge in [-0.05, 0) is 37.5 Å². The van der Waals surface area contributed by atoms with E-state index in [9.17, 15) is 14.3 Å². The minimum Gasteiger partial charge on any atom is -0.476 e. The van der Waals surface area contributed by atoms with E-state index in [1.165, 1.54) is 23.0 Å². The number of nitrogens with zero attached hydrogens (tertiary/aromatic N) is 7. The van der Waals surface area contributed by atoms with Gasteiger partial charge in [0.05, 0.1) is 30.1 Å². The second-order valence-corrected chi connectivity index (χ2v) is 8.47. The molecule has 174 valence electrons. The van der Waals surface area contributed by atoms with Crippen LogP contribution in [0.5, 0.6) is 0 Å². The molecule has 2 aliphatic rings. The molecule has 1 fully saturated rings. The van der Waals surface area contributed by atoms with Crippen LogP contribution in [0.25, 0.3) is 5.52 Å². The van der Waals surface area contributed by atoms with E-state index in [0.29, 0.717) is 30.0 Å². The Bertz CT molecular complexity index is 1360. The molecule has 2 aliphatic heterocycles. The Hall–Kier alpha value is -3.86. The Morgan fingerprint density at radius 3 is 2.85 bits per heavy atom. The second-order valence-electron chi connectivity index (χ2n) is 8.47. The van der Waals surface area contributed by atoms with Crippen molar-refractivity contribution in [3.05, 3.63) is 71.7 Å². The average Bonchev–Trinajstić information content (AvgIpc) is 3.49. The summed E-state index contributed by atoms with van der Waals surface area (Å²) in [5.74, 6) is -1.00. The number of fused-ring (bicyclic) bond motifs is 2. The van der Waals surface area contributed by atoms with Crippen LogP contribution in [-0.2, 0) is 11.2 Å². The lowest BCUT2D eigenvalue weighted by molar-refractivity contribution is -0.0336. The topological polar surface area (TPSA) is 111 Å². The van der Waals surface area contributed by atoms with Gasteiger partial charge in [-0.25, -0.2) is 28.7 Å². The van der Waals surface area contributed by atoms with Gasteiger partial charge in [0.25, 0.3) is 0 Å². The summed E-state index contributed by atoms with van der Waals surface area (Å²) in [6, 6.07) is 4.28. The molecule has 0 aromatic carbocycles. The third kappa shape index (κ3) is 3.39. The molecule has 10 nitrogen and oxygen atoms in total. The first-order valence-electron chi connectivity index (χ1n) is 11.2. The van der Waals surface area contributed by atoms with Crippen LogP contribution < -0.4 is 4.90 Å². The number of aromatic nitrogens is 6. The highest BCUT2D eigenvalue weighted by Gasteiger charge is 2.36. The highest BCUT2D eigenvalue weighted by molar-refractivity contribution is 5.84. The Balaban J connectivity index is 1.46. The maximum atomic E-state index is 14.5. The van der Waals surface area contributed by atoms with Crippen molar-refractivity contribution in [3.63, 3.8) is 0 Å². The van der Waals surface area contributed by atoms with Crippen LogP contribution in [0, 0.1) is 5.82 Å². The molecular weight excluding hydrogens is 441 g/mol. The van der Waals surface area contributed by atoms with Gasteiger partial charge < -0.3 is 19.3 Å². The van der Waals surface area contributed by atoms with Crippen molar-refractivity contribution in [1.29, 1.82) is 0 Å². The molecule has 2 atom stereocenters. The SMILES string of the molecule is O=C(O)c1cnc(N2CCc3c(ncn3C3CCCCO3)C2c2cc3c(F)cccn3n2)cn1. The van der Waals surface area contributed by atoms with Gasteiger partial charge in [-0.3, -0.25) is 0 Å². The van der Waals surface area contributed by atoms with E-state index in [2.05, 4.69) is 19.6 Å². The van der Waals surface area contributed by atoms with E-state index < -0.39 is 12.0 Å². The first kappa shape index (κ1) is 20.7. The number of hydrogen-bond acceptors (Lipinski definition) is 7. The molecule has 0 bridgehead atoms. The zero-order valence-corrected chi connectivity index (χ0v) is 18.2. The van der Waals surface area contributed by atoms with Crippen LogP contribution in [0.2, 0.25) is 0 Å². The van der Waals surface area contributed by atoms with E-state index in [1.54, 1.807) is 18.3 Å². The summed E-state index contributed by atoms with van der Waals surface area (Å²) in [4.78, 5) is 26.4. The number of halogens is 1. The molecule has 4 aromatic rings. The molecule has 6 rings (SSSR count). The van der Waals surface area contributed by atoms with Crippen LogP contribution in [0.3, 0.4) is 0 Å². The summed E-state index contributed by atoms with van der Waals surface area (Å²) in [5.41, 5.74) is 2.71. The van der Waals surface area contributed by atoms with Crippen molar-refractivity contribution in [2.45, 2.75) is 38.0 Å². The number of imidazole rings is 1. The van der Waals surface area contributed by atoms with E-state index in [-0.39, 0.29) is 17.7 Å². The standard InChI is InChI=1S/C23H22FN7O3/c24-14-4-3-7-31-18(14)10-15(28-31)22-21-17(30(13-27-21)20-5-1-2-9-34-20)6-8-29(22)19-12-25-16(11-26-19)23(32)33/h3-4,7,10-13,20,22H,1-2,5-6,8-9H2,(H,32,33). The quantitative estimate of drug-likeness (QED) is 0.492. The van der Waals surface area contributed by atoms with Gasteiger partial charge >= 0.3 is 5.97 Å². The normalized spacial score (nSPS) is 20.4. The average molecular weight is 463 g/mol. The van der Waals surface area contributed by atoms with Crippen LogP contribution >= 0.6 is 0 Å². The number of pyridine rings is 1. The molecule has 1 saturated heterocycles. The van der Waals surface area contributed by atoms with Gasteiger partial charge in [0.2, 0.25) is 0 Å². The molecule has 0 spiro atoms. The Kier molecular flexibility index (Phi) is 4.98. The lowest BCUT2D eigenvalue weighted by Crippen LogP contribution is -2.38. The number of anilines is 1. The van der Waals surface area contributed by atoms with Crippen molar-refractivity contribution in [2.24, 2.45) is 0 Å². The molecule has 0 amide bonds. The fraction of sp³-hybridized carbons (Fsp3) is 0.348. The molecule has 0 aliphatic carbocycles. The maximum Gasteiger partial charge on any atom is 0.356 e. The lowest BCUT2D eigenvalue weighted by Gasteiger charge is -2.36. The number of carbonyl (C=O) groups is 1. The van der Waals surface area contributed by atoms with Gasteiger partial charge in [-0.15, -0.1) is 0 Å². The molecule has 1 N–H and O–H groups in total. The van der Waals surface area contributed by atoms with Gasteiger partial charge in [-0.1, -0.05) is 0 Å². The highest BCUT2D eigenvalue weighted by Crippen LogP contribution is 2.38. The Morgan fingerprint density at radius 1 is 1.21 bits per heavy atom. The van der Waals surface area contributed by atoms with Crippen LogP contribution in [0.1, 0.15) is 59.1 Å². The molecular formula is C23H22FN7O3. The van der Waals surface area contributed by atoms with Crippen molar-refractivity contribution >= 4 is 17.3 Å². The largest absolute Gasteiger partial charge is 0.476 e.